The van der Waals surface area contributed by atoms with Crippen molar-refractivity contribution in [2.75, 3.05) is 13.6 Å². The molecule has 1 aliphatic carbocycles. The van der Waals surface area contributed by atoms with Crippen LogP contribution in [-0.4, -0.2) is 40.1 Å². The topological polar surface area (TPSA) is 33.1 Å². The zero-order valence-electron chi connectivity index (χ0n) is 13.0. The summed E-state index contributed by atoms with van der Waals surface area (Å²) in [6.45, 7) is 8.93. The summed E-state index contributed by atoms with van der Waals surface area (Å²) in [5.74, 6) is 1.14. The summed E-state index contributed by atoms with van der Waals surface area (Å²) in [7, 11) is 4.29. The molecular formula is C15H28N4. The van der Waals surface area contributed by atoms with E-state index in [1.54, 1.807) is 0 Å². The number of imidazole rings is 1. The first-order valence-electron chi connectivity index (χ1n) is 7.35. The van der Waals surface area contributed by atoms with Gasteiger partial charge in [0, 0.05) is 31.5 Å². The highest BCUT2D eigenvalue weighted by Gasteiger charge is 2.43. The smallest absolute Gasteiger partial charge is 0.122 e. The van der Waals surface area contributed by atoms with Crippen LogP contribution in [0.1, 0.15) is 39.4 Å². The lowest BCUT2D eigenvalue weighted by molar-refractivity contribution is 0.163. The Bertz CT molecular complexity index is 410. The van der Waals surface area contributed by atoms with Gasteiger partial charge in [0.25, 0.3) is 0 Å². The van der Waals surface area contributed by atoms with E-state index in [9.17, 15) is 0 Å². The van der Waals surface area contributed by atoms with Gasteiger partial charge in [-0.2, -0.15) is 0 Å². The Morgan fingerprint density at radius 2 is 2.26 bits per heavy atom. The van der Waals surface area contributed by atoms with E-state index < -0.39 is 0 Å². The standard InChI is InChI=1S/C15H28N4/c1-6-16-14-12(7-8-15(14,2)3)19(5)11-13-17-9-10-18(13)4/h9-10,12,14,16H,6-8,11H2,1-5H3. The molecule has 1 saturated carbocycles. The molecule has 0 amide bonds. The Labute approximate surface area is 117 Å². The summed E-state index contributed by atoms with van der Waals surface area (Å²) >= 11 is 0. The highest BCUT2D eigenvalue weighted by Crippen LogP contribution is 2.39. The summed E-state index contributed by atoms with van der Waals surface area (Å²) in [6.07, 6.45) is 6.46. The molecule has 4 nitrogen and oxygen atoms in total. The summed E-state index contributed by atoms with van der Waals surface area (Å²) < 4.78 is 2.11. The Morgan fingerprint density at radius 3 is 2.84 bits per heavy atom. The number of rotatable bonds is 5. The Hall–Kier alpha value is -0.870. The van der Waals surface area contributed by atoms with Gasteiger partial charge in [0.2, 0.25) is 0 Å². The number of likely N-dealkylation sites (N-methyl/N-ethyl adjacent to an activating group) is 2. The van der Waals surface area contributed by atoms with E-state index in [2.05, 4.69) is 54.6 Å². The van der Waals surface area contributed by atoms with Crippen molar-refractivity contribution in [3.63, 3.8) is 0 Å². The van der Waals surface area contributed by atoms with E-state index in [1.165, 1.54) is 12.8 Å². The predicted octanol–water partition coefficient (Wildman–Crippen LogP) is 2.02. The van der Waals surface area contributed by atoms with Crippen LogP contribution in [0, 0.1) is 5.41 Å². The van der Waals surface area contributed by atoms with Crippen molar-refractivity contribution >= 4 is 0 Å². The van der Waals surface area contributed by atoms with Gasteiger partial charge in [0.15, 0.2) is 0 Å². The molecule has 1 aliphatic rings. The maximum Gasteiger partial charge on any atom is 0.122 e. The van der Waals surface area contributed by atoms with E-state index in [-0.39, 0.29) is 0 Å². The van der Waals surface area contributed by atoms with Crippen molar-refractivity contribution in [3.8, 4) is 0 Å². The molecule has 1 N–H and O–H groups in total. The lowest BCUT2D eigenvalue weighted by atomic mass is 9.86. The lowest BCUT2D eigenvalue weighted by Crippen LogP contribution is -2.50. The van der Waals surface area contributed by atoms with Crippen LogP contribution in [0.25, 0.3) is 0 Å². The summed E-state index contributed by atoms with van der Waals surface area (Å²) in [4.78, 5) is 6.90. The SMILES string of the molecule is CCNC1C(N(C)Cc2nccn2C)CCC1(C)C. The molecule has 4 heteroatoms. The molecule has 0 radical (unpaired) electrons. The van der Waals surface area contributed by atoms with Crippen LogP contribution in [0.15, 0.2) is 12.4 Å². The van der Waals surface area contributed by atoms with Gasteiger partial charge in [-0.3, -0.25) is 4.90 Å². The van der Waals surface area contributed by atoms with Crippen molar-refractivity contribution < 1.29 is 0 Å². The van der Waals surface area contributed by atoms with Gasteiger partial charge in [0.1, 0.15) is 5.82 Å². The Kier molecular flexibility index (Phi) is 4.31. The van der Waals surface area contributed by atoms with E-state index in [4.69, 9.17) is 0 Å². The second-order valence-corrected chi connectivity index (χ2v) is 6.50. The maximum absolute atomic E-state index is 4.44. The van der Waals surface area contributed by atoms with E-state index in [0.29, 0.717) is 17.5 Å². The minimum absolute atomic E-state index is 0.385. The van der Waals surface area contributed by atoms with Gasteiger partial charge in [-0.25, -0.2) is 4.98 Å². The van der Waals surface area contributed by atoms with Gasteiger partial charge in [-0.05, 0) is 31.8 Å². The quantitative estimate of drug-likeness (QED) is 0.883. The van der Waals surface area contributed by atoms with Crippen LogP contribution < -0.4 is 5.32 Å². The molecule has 1 aromatic heterocycles. The normalized spacial score (nSPS) is 26.2. The van der Waals surface area contributed by atoms with Crippen LogP contribution >= 0.6 is 0 Å². The van der Waals surface area contributed by atoms with Crippen LogP contribution in [0.4, 0.5) is 0 Å². The average molecular weight is 264 g/mol. The molecule has 108 valence electrons. The first-order chi connectivity index (χ1) is 8.95. The first kappa shape index (κ1) is 14.5. The number of aryl methyl sites for hydroxylation is 1. The van der Waals surface area contributed by atoms with Crippen molar-refractivity contribution in [1.82, 2.24) is 19.8 Å². The molecule has 0 saturated heterocycles. The van der Waals surface area contributed by atoms with E-state index >= 15 is 0 Å². The minimum atomic E-state index is 0.385. The number of hydrogen-bond acceptors (Lipinski definition) is 3. The van der Waals surface area contributed by atoms with E-state index in [1.807, 2.05) is 12.4 Å². The van der Waals surface area contributed by atoms with Crippen LogP contribution in [0.5, 0.6) is 0 Å². The molecule has 1 aromatic rings. The zero-order valence-corrected chi connectivity index (χ0v) is 13.0. The number of hydrogen-bond donors (Lipinski definition) is 1. The highest BCUT2D eigenvalue weighted by atomic mass is 15.2. The second-order valence-electron chi connectivity index (χ2n) is 6.50. The largest absolute Gasteiger partial charge is 0.337 e. The fourth-order valence-electron chi connectivity index (χ4n) is 3.36. The average Bonchev–Trinajstić information content (AvgIpc) is 2.86. The predicted molar refractivity (Wildman–Crippen MR) is 78.9 cm³/mol. The zero-order chi connectivity index (χ0) is 14.0. The lowest BCUT2D eigenvalue weighted by Gasteiger charge is -2.35. The maximum atomic E-state index is 4.44. The second kappa shape index (κ2) is 5.63. The van der Waals surface area contributed by atoms with Gasteiger partial charge in [-0.1, -0.05) is 20.8 Å². The fourth-order valence-corrected chi connectivity index (χ4v) is 3.36. The number of nitrogens with one attached hydrogen (secondary N) is 1. The highest BCUT2D eigenvalue weighted by molar-refractivity contribution is 5.01. The van der Waals surface area contributed by atoms with Crippen LogP contribution in [0.3, 0.4) is 0 Å². The van der Waals surface area contributed by atoms with Crippen LogP contribution in [-0.2, 0) is 13.6 Å². The van der Waals surface area contributed by atoms with E-state index in [0.717, 1.165) is 18.9 Å². The molecule has 0 spiro atoms. The van der Waals surface area contributed by atoms with Crippen molar-refractivity contribution in [2.24, 2.45) is 12.5 Å². The Balaban J connectivity index is 2.06. The summed E-state index contributed by atoms with van der Waals surface area (Å²) in [6, 6.07) is 1.18. The molecule has 2 unspecified atom stereocenters. The molecule has 0 aliphatic heterocycles. The molecule has 2 rings (SSSR count). The van der Waals surface area contributed by atoms with Gasteiger partial charge >= 0.3 is 0 Å². The molecule has 1 fully saturated rings. The molecule has 19 heavy (non-hydrogen) atoms. The first-order valence-corrected chi connectivity index (χ1v) is 7.35. The third-order valence-electron chi connectivity index (χ3n) is 4.61. The molecular weight excluding hydrogens is 236 g/mol. The third-order valence-corrected chi connectivity index (χ3v) is 4.61. The molecule has 0 aromatic carbocycles. The van der Waals surface area contributed by atoms with Gasteiger partial charge < -0.3 is 9.88 Å². The van der Waals surface area contributed by atoms with Crippen LogP contribution in [0.2, 0.25) is 0 Å². The number of aromatic nitrogens is 2. The molecule has 1 heterocycles. The van der Waals surface area contributed by atoms with Gasteiger partial charge in [-0.15, -0.1) is 0 Å². The monoisotopic (exact) mass is 264 g/mol. The molecule has 0 bridgehead atoms. The van der Waals surface area contributed by atoms with Crippen molar-refractivity contribution in [1.29, 1.82) is 0 Å². The van der Waals surface area contributed by atoms with Crippen molar-refractivity contribution in [2.45, 2.75) is 52.2 Å². The van der Waals surface area contributed by atoms with Gasteiger partial charge in [0.05, 0.1) is 6.54 Å². The summed E-state index contributed by atoms with van der Waals surface area (Å²) in [5, 5.41) is 3.69. The fraction of sp³-hybridized carbons (Fsp3) is 0.800. The molecule has 2 atom stereocenters. The summed E-state index contributed by atoms with van der Waals surface area (Å²) in [5.41, 5.74) is 0.385. The Morgan fingerprint density at radius 1 is 1.53 bits per heavy atom. The minimum Gasteiger partial charge on any atom is -0.337 e. The van der Waals surface area contributed by atoms with Crippen molar-refractivity contribution in [3.05, 3.63) is 18.2 Å². The third kappa shape index (κ3) is 3.00. The number of nitrogens with zero attached hydrogens (tertiary/aromatic N) is 3.